The molecule has 134 valence electrons. The first-order valence-corrected chi connectivity index (χ1v) is 9.33. The number of hydrogen-bond donors (Lipinski definition) is 0. The Hall–Kier alpha value is -1.94. The summed E-state index contributed by atoms with van der Waals surface area (Å²) in [5.74, 6) is 1.02. The van der Waals surface area contributed by atoms with Crippen molar-refractivity contribution < 1.29 is 9.21 Å². The minimum absolute atomic E-state index is 0.0253. The summed E-state index contributed by atoms with van der Waals surface area (Å²) in [6.45, 7) is 7.78. The number of aryl methyl sites for hydroxylation is 1. The van der Waals surface area contributed by atoms with Crippen LogP contribution in [0.5, 0.6) is 0 Å². The standard InChI is InChI=1S/C21H28N2O2/c1-16-5-3-7-19(17(16)2)15-23-12-9-18(10-13-23)6-4-8-20(24)21-22-11-14-25-21/h3,5,7,11,14,18H,4,6,8-10,12-13,15H2,1-2H3. The van der Waals surface area contributed by atoms with Crippen LogP contribution in [0.15, 0.2) is 35.1 Å². The van der Waals surface area contributed by atoms with Crippen LogP contribution in [0.25, 0.3) is 0 Å². The SMILES string of the molecule is Cc1cccc(CN2CCC(CCCC(=O)c3ncco3)CC2)c1C. The Bertz CT molecular complexity index is 686. The van der Waals surface area contributed by atoms with Crippen LogP contribution in [0, 0.1) is 19.8 Å². The molecule has 2 heterocycles. The van der Waals surface area contributed by atoms with Crippen molar-refractivity contribution in [2.75, 3.05) is 13.1 Å². The predicted octanol–water partition coefficient (Wildman–Crippen LogP) is 4.56. The molecule has 0 aliphatic carbocycles. The Morgan fingerprint density at radius 3 is 2.80 bits per heavy atom. The van der Waals surface area contributed by atoms with Crippen molar-refractivity contribution in [3.63, 3.8) is 0 Å². The molecule has 0 saturated carbocycles. The smallest absolute Gasteiger partial charge is 0.263 e. The van der Waals surface area contributed by atoms with Gasteiger partial charge in [-0.15, -0.1) is 0 Å². The number of nitrogens with zero attached hydrogens (tertiary/aromatic N) is 2. The summed E-state index contributed by atoms with van der Waals surface area (Å²) in [6.07, 6.45) is 8.06. The Morgan fingerprint density at radius 2 is 2.08 bits per heavy atom. The lowest BCUT2D eigenvalue weighted by Crippen LogP contribution is -2.33. The van der Waals surface area contributed by atoms with E-state index in [1.807, 2.05) is 0 Å². The van der Waals surface area contributed by atoms with E-state index in [1.165, 1.54) is 42.0 Å². The van der Waals surface area contributed by atoms with Gasteiger partial charge < -0.3 is 4.42 Å². The molecule has 25 heavy (non-hydrogen) atoms. The van der Waals surface area contributed by atoms with Gasteiger partial charge in [0, 0.05) is 13.0 Å². The molecule has 1 aliphatic heterocycles. The van der Waals surface area contributed by atoms with Gasteiger partial charge in [-0.3, -0.25) is 9.69 Å². The van der Waals surface area contributed by atoms with Crippen LogP contribution in [0.4, 0.5) is 0 Å². The fourth-order valence-corrected chi connectivity index (χ4v) is 3.68. The van der Waals surface area contributed by atoms with Gasteiger partial charge in [0.1, 0.15) is 6.26 Å². The summed E-state index contributed by atoms with van der Waals surface area (Å²) in [7, 11) is 0. The minimum atomic E-state index is 0.0253. The summed E-state index contributed by atoms with van der Waals surface area (Å²) in [4.78, 5) is 18.4. The average molecular weight is 340 g/mol. The van der Waals surface area contributed by atoms with Crippen LogP contribution >= 0.6 is 0 Å². The summed E-state index contributed by atoms with van der Waals surface area (Å²) < 4.78 is 5.06. The van der Waals surface area contributed by atoms with E-state index < -0.39 is 0 Å². The molecule has 4 nitrogen and oxygen atoms in total. The number of carbonyl (C=O) groups is 1. The van der Waals surface area contributed by atoms with E-state index >= 15 is 0 Å². The minimum Gasteiger partial charge on any atom is -0.442 e. The van der Waals surface area contributed by atoms with Crippen LogP contribution in [-0.2, 0) is 6.54 Å². The molecule has 2 aromatic rings. The molecule has 0 spiro atoms. The maximum absolute atomic E-state index is 11.9. The maximum atomic E-state index is 11.9. The van der Waals surface area contributed by atoms with Gasteiger partial charge in [0.25, 0.3) is 5.89 Å². The molecule has 0 bridgehead atoms. The second-order valence-corrected chi connectivity index (χ2v) is 7.23. The fraction of sp³-hybridized carbons (Fsp3) is 0.524. The van der Waals surface area contributed by atoms with Crippen LogP contribution in [0.2, 0.25) is 0 Å². The monoisotopic (exact) mass is 340 g/mol. The molecule has 1 aromatic carbocycles. The average Bonchev–Trinajstić information content (AvgIpc) is 3.15. The molecule has 1 aliphatic rings. The summed E-state index contributed by atoms with van der Waals surface area (Å²) in [5, 5.41) is 0. The number of benzene rings is 1. The lowest BCUT2D eigenvalue weighted by atomic mass is 9.90. The second kappa shape index (κ2) is 8.43. The van der Waals surface area contributed by atoms with Crippen LogP contribution < -0.4 is 0 Å². The maximum Gasteiger partial charge on any atom is 0.263 e. The van der Waals surface area contributed by atoms with E-state index in [0.717, 1.165) is 38.4 Å². The molecular formula is C21H28N2O2. The highest BCUT2D eigenvalue weighted by molar-refractivity contribution is 5.91. The number of likely N-dealkylation sites (tertiary alicyclic amines) is 1. The van der Waals surface area contributed by atoms with Gasteiger partial charge in [0.15, 0.2) is 0 Å². The molecule has 0 amide bonds. The number of ketones is 1. The van der Waals surface area contributed by atoms with Gasteiger partial charge in [-0.2, -0.15) is 0 Å². The van der Waals surface area contributed by atoms with Gasteiger partial charge in [0.05, 0.1) is 6.20 Å². The van der Waals surface area contributed by atoms with E-state index in [9.17, 15) is 4.79 Å². The Balaban J connectivity index is 1.38. The first-order chi connectivity index (χ1) is 12.1. The van der Waals surface area contributed by atoms with Crippen molar-refractivity contribution in [3.8, 4) is 0 Å². The highest BCUT2D eigenvalue weighted by Crippen LogP contribution is 2.25. The number of oxazole rings is 1. The molecule has 0 unspecified atom stereocenters. The van der Waals surface area contributed by atoms with Crippen molar-refractivity contribution in [1.82, 2.24) is 9.88 Å². The largest absolute Gasteiger partial charge is 0.442 e. The highest BCUT2D eigenvalue weighted by atomic mass is 16.3. The third-order valence-corrected chi connectivity index (χ3v) is 5.50. The van der Waals surface area contributed by atoms with E-state index in [4.69, 9.17) is 4.42 Å². The Labute approximate surface area is 150 Å². The molecule has 1 saturated heterocycles. The number of hydrogen-bond acceptors (Lipinski definition) is 4. The highest BCUT2D eigenvalue weighted by Gasteiger charge is 2.20. The molecule has 1 aromatic heterocycles. The van der Waals surface area contributed by atoms with Gasteiger partial charge in [-0.25, -0.2) is 4.98 Å². The van der Waals surface area contributed by atoms with Gasteiger partial charge in [-0.05, 0) is 75.2 Å². The topological polar surface area (TPSA) is 46.3 Å². The van der Waals surface area contributed by atoms with Gasteiger partial charge >= 0.3 is 0 Å². The van der Waals surface area contributed by atoms with E-state index in [2.05, 4.69) is 41.9 Å². The van der Waals surface area contributed by atoms with Crippen LogP contribution in [-0.4, -0.2) is 28.8 Å². The molecule has 0 radical (unpaired) electrons. The number of carbonyl (C=O) groups excluding carboxylic acids is 1. The van der Waals surface area contributed by atoms with Gasteiger partial charge in [-0.1, -0.05) is 18.2 Å². The second-order valence-electron chi connectivity index (χ2n) is 7.23. The van der Waals surface area contributed by atoms with E-state index in [1.54, 1.807) is 0 Å². The van der Waals surface area contributed by atoms with Crippen molar-refractivity contribution >= 4 is 5.78 Å². The normalized spacial score (nSPS) is 16.2. The molecule has 1 fully saturated rings. The molecular weight excluding hydrogens is 312 g/mol. The zero-order chi connectivity index (χ0) is 17.6. The quantitative estimate of drug-likeness (QED) is 0.693. The Morgan fingerprint density at radius 1 is 1.28 bits per heavy atom. The fourth-order valence-electron chi connectivity index (χ4n) is 3.68. The number of rotatable bonds is 7. The predicted molar refractivity (Wildman–Crippen MR) is 98.6 cm³/mol. The zero-order valence-electron chi connectivity index (χ0n) is 15.3. The molecule has 0 N–H and O–H groups in total. The third kappa shape index (κ3) is 4.79. The lowest BCUT2D eigenvalue weighted by Gasteiger charge is -2.32. The first kappa shape index (κ1) is 17.9. The number of Topliss-reactive ketones (excluding diaryl/α,β-unsaturated/α-hetero) is 1. The van der Waals surface area contributed by atoms with Crippen molar-refractivity contribution in [1.29, 1.82) is 0 Å². The van der Waals surface area contributed by atoms with Crippen molar-refractivity contribution in [2.24, 2.45) is 5.92 Å². The van der Waals surface area contributed by atoms with Crippen molar-refractivity contribution in [3.05, 3.63) is 53.2 Å². The molecule has 4 heteroatoms. The molecule has 3 rings (SSSR count). The van der Waals surface area contributed by atoms with Crippen molar-refractivity contribution in [2.45, 2.75) is 52.5 Å². The Kier molecular flexibility index (Phi) is 6.03. The van der Waals surface area contributed by atoms with E-state index in [-0.39, 0.29) is 11.7 Å². The van der Waals surface area contributed by atoms with Gasteiger partial charge in [0.2, 0.25) is 5.78 Å². The zero-order valence-corrected chi connectivity index (χ0v) is 15.3. The van der Waals surface area contributed by atoms with E-state index in [0.29, 0.717) is 6.42 Å². The summed E-state index contributed by atoms with van der Waals surface area (Å²) in [6, 6.07) is 6.60. The molecule has 0 atom stereocenters. The number of piperidine rings is 1. The summed E-state index contributed by atoms with van der Waals surface area (Å²) >= 11 is 0. The number of aromatic nitrogens is 1. The third-order valence-electron chi connectivity index (χ3n) is 5.50. The lowest BCUT2D eigenvalue weighted by molar-refractivity contribution is 0.0940. The first-order valence-electron chi connectivity index (χ1n) is 9.33. The summed E-state index contributed by atoms with van der Waals surface area (Å²) in [5.41, 5.74) is 4.26. The van der Waals surface area contributed by atoms with Crippen LogP contribution in [0.1, 0.15) is 59.5 Å². The van der Waals surface area contributed by atoms with Crippen LogP contribution in [0.3, 0.4) is 0 Å².